The standard InChI is InChI=1S/C15H23BrN2O2/c1-11-10-18(6-3-7-20-11)15(9-17)13-8-12(19-2)4-5-14(13)16/h4-5,8,11,15H,3,6-7,9-10,17H2,1-2H3. The molecule has 1 saturated heterocycles. The number of ether oxygens (including phenoxy) is 2. The summed E-state index contributed by atoms with van der Waals surface area (Å²) in [5, 5.41) is 0. The highest BCUT2D eigenvalue weighted by Crippen LogP contribution is 2.31. The normalized spacial score (nSPS) is 22.3. The summed E-state index contributed by atoms with van der Waals surface area (Å²) in [5.74, 6) is 0.862. The van der Waals surface area contributed by atoms with Crippen molar-refractivity contribution in [2.45, 2.75) is 25.5 Å². The maximum absolute atomic E-state index is 6.05. The molecule has 1 heterocycles. The van der Waals surface area contributed by atoms with Crippen LogP contribution in [0.25, 0.3) is 0 Å². The van der Waals surface area contributed by atoms with Crippen LogP contribution in [0.4, 0.5) is 0 Å². The number of halogens is 1. The van der Waals surface area contributed by atoms with Gasteiger partial charge in [-0.25, -0.2) is 0 Å². The monoisotopic (exact) mass is 342 g/mol. The Bertz CT molecular complexity index is 442. The topological polar surface area (TPSA) is 47.7 Å². The van der Waals surface area contributed by atoms with Crippen LogP contribution < -0.4 is 10.5 Å². The molecule has 2 N–H and O–H groups in total. The van der Waals surface area contributed by atoms with Crippen LogP contribution in [-0.2, 0) is 4.74 Å². The number of benzene rings is 1. The van der Waals surface area contributed by atoms with Crippen LogP contribution >= 0.6 is 15.9 Å². The molecular formula is C15H23BrN2O2. The van der Waals surface area contributed by atoms with Crippen molar-refractivity contribution < 1.29 is 9.47 Å². The van der Waals surface area contributed by atoms with Crippen LogP contribution in [0, 0.1) is 0 Å². The van der Waals surface area contributed by atoms with Gasteiger partial charge in [0.1, 0.15) is 5.75 Å². The van der Waals surface area contributed by atoms with Crippen molar-refractivity contribution >= 4 is 15.9 Å². The van der Waals surface area contributed by atoms with Gasteiger partial charge in [-0.2, -0.15) is 0 Å². The van der Waals surface area contributed by atoms with Gasteiger partial charge in [0.25, 0.3) is 0 Å². The smallest absolute Gasteiger partial charge is 0.119 e. The Morgan fingerprint density at radius 2 is 2.35 bits per heavy atom. The first kappa shape index (κ1) is 15.8. The third-order valence-corrected chi connectivity index (χ3v) is 4.43. The molecule has 2 unspecified atom stereocenters. The fourth-order valence-corrected chi connectivity index (χ4v) is 3.20. The highest BCUT2D eigenvalue weighted by atomic mass is 79.9. The lowest BCUT2D eigenvalue weighted by Crippen LogP contribution is -2.37. The lowest BCUT2D eigenvalue weighted by atomic mass is 10.0. The lowest BCUT2D eigenvalue weighted by Gasteiger charge is -2.31. The second-order valence-electron chi connectivity index (χ2n) is 5.17. The van der Waals surface area contributed by atoms with Crippen LogP contribution in [-0.4, -0.2) is 44.4 Å². The molecule has 0 amide bonds. The summed E-state index contributed by atoms with van der Waals surface area (Å²) in [5.41, 5.74) is 7.23. The van der Waals surface area contributed by atoms with Gasteiger partial charge in [-0.05, 0) is 37.1 Å². The Balaban J connectivity index is 2.26. The molecule has 4 nitrogen and oxygen atoms in total. The highest BCUT2D eigenvalue weighted by molar-refractivity contribution is 9.10. The van der Waals surface area contributed by atoms with E-state index in [1.165, 1.54) is 5.56 Å². The van der Waals surface area contributed by atoms with Crippen molar-refractivity contribution in [3.8, 4) is 5.75 Å². The number of hydrogen-bond donors (Lipinski definition) is 1. The van der Waals surface area contributed by atoms with Crippen molar-refractivity contribution in [1.29, 1.82) is 0 Å². The Morgan fingerprint density at radius 3 is 3.05 bits per heavy atom. The summed E-state index contributed by atoms with van der Waals surface area (Å²) in [6.45, 7) is 5.45. The Morgan fingerprint density at radius 1 is 1.55 bits per heavy atom. The van der Waals surface area contributed by atoms with Crippen molar-refractivity contribution in [2.24, 2.45) is 5.73 Å². The molecule has 0 bridgehead atoms. The van der Waals surface area contributed by atoms with Crippen molar-refractivity contribution in [1.82, 2.24) is 4.90 Å². The van der Waals surface area contributed by atoms with E-state index >= 15 is 0 Å². The Labute approximate surface area is 129 Å². The summed E-state index contributed by atoms with van der Waals surface area (Å²) in [7, 11) is 1.69. The van der Waals surface area contributed by atoms with E-state index in [0.717, 1.165) is 36.3 Å². The predicted molar refractivity (Wildman–Crippen MR) is 84.1 cm³/mol. The zero-order valence-corrected chi connectivity index (χ0v) is 13.7. The van der Waals surface area contributed by atoms with E-state index in [0.29, 0.717) is 6.54 Å². The minimum absolute atomic E-state index is 0.184. The lowest BCUT2D eigenvalue weighted by molar-refractivity contribution is 0.0611. The first-order valence-corrected chi connectivity index (χ1v) is 7.84. The minimum atomic E-state index is 0.184. The molecule has 1 aliphatic heterocycles. The van der Waals surface area contributed by atoms with Crippen LogP contribution in [0.5, 0.6) is 5.75 Å². The molecule has 112 valence electrons. The van der Waals surface area contributed by atoms with Gasteiger partial charge in [0.2, 0.25) is 0 Å². The van der Waals surface area contributed by atoms with Crippen LogP contribution in [0.1, 0.15) is 24.9 Å². The van der Waals surface area contributed by atoms with Gasteiger partial charge in [-0.1, -0.05) is 15.9 Å². The predicted octanol–water partition coefficient (Wildman–Crippen LogP) is 2.57. The fraction of sp³-hybridized carbons (Fsp3) is 0.600. The molecule has 20 heavy (non-hydrogen) atoms. The second-order valence-corrected chi connectivity index (χ2v) is 6.02. The fourth-order valence-electron chi connectivity index (χ4n) is 2.69. The molecule has 0 radical (unpaired) electrons. The summed E-state index contributed by atoms with van der Waals surface area (Å²) >= 11 is 3.63. The van der Waals surface area contributed by atoms with E-state index in [-0.39, 0.29) is 12.1 Å². The van der Waals surface area contributed by atoms with E-state index in [1.807, 2.05) is 12.1 Å². The number of rotatable bonds is 4. The molecule has 0 spiro atoms. The third-order valence-electron chi connectivity index (χ3n) is 3.71. The van der Waals surface area contributed by atoms with Crippen LogP contribution in [0.3, 0.4) is 0 Å². The summed E-state index contributed by atoms with van der Waals surface area (Å²) in [6, 6.07) is 6.23. The first-order chi connectivity index (χ1) is 9.65. The molecule has 2 rings (SSSR count). The number of nitrogens with two attached hydrogens (primary N) is 1. The number of hydrogen-bond acceptors (Lipinski definition) is 4. The zero-order chi connectivity index (χ0) is 14.5. The molecule has 0 aliphatic carbocycles. The van der Waals surface area contributed by atoms with Gasteiger partial charge >= 0.3 is 0 Å². The minimum Gasteiger partial charge on any atom is -0.497 e. The highest BCUT2D eigenvalue weighted by Gasteiger charge is 2.25. The van der Waals surface area contributed by atoms with Crippen LogP contribution in [0.2, 0.25) is 0 Å². The van der Waals surface area contributed by atoms with Crippen molar-refractivity contribution in [3.05, 3.63) is 28.2 Å². The van der Waals surface area contributed by atoms with Crippen molar-refractivity contribution in [2.75, 3.05) is 33.4 Å². The molecule has 0 aromatic heterocycles. The summed E-state index contributed by atoms with van der Waals surface area (Å²) in [6.07, 6.45) is 1.29. The average Bonchev–Trinajstić information content (AvgIpc) is 2.66. The van der Waals surface area contributed by atoms with Gasteiger partial charge in [-0.15, -0.1) is 0 Å². The number of methoxy groups -OCH3 is 1. The molecule has 1 aromatic carbocycles. The molecular weight excluding hydrogens is 320 g/mol. The van der Waals surface area contributed by atoms with Gasteiger partial charge < -0.3 is 15.2 Å². The average molecular weight is 343 g/mol. The van der Waals surface area contributed by atoms with E-state index in [9.17, 15) is 0 Å². The van der Waals surface area contributed by atoms with E-state index in [1.54, 1.807) is 7.11 Å². The summed E-state index contributed by atoms with van der Waals surface area (Å²) in [4.78, 5) is 2.41. The van der Waals surface area contributed by atoms with Gasteiger partial charge in [0.05, 0.1) is 13.2 Å². The molecule has 5 heteroatoms. The third kappa shape index (κ3) is 3.73. The quantitative estimate of drug-likeness (QED) is 0.913. The maximum atomic E-state index is 6.05. The Hall–Kier alpha value is -0.620. The molecule has 0 saturated carbocycles. The van der Waals surface area contributed by atoms with E-state index < -0.39 is 0 Å². The zero-order valence-electron chi connectivity index (χ0n) is 12.1. The van der Waals surface area contributed by atoms with E-state index in [4.69, 9.17) is 15.2 Å². The SMILES string of the molecule is COc1ccc(Br)c(C(CN)N2CCCOC(C)C2)c1. The molecule has 1 aliphatic rings. The molecule has 1 fully saturated rings. The van der Waals surface area contributed by atoms with Gasteiger partial charge in [0, 0.05) is 36.8 Å². The largest absolute Gasteiger partial charge is 0.497 e. The molecule has 1 aromatic rings. The first-order valence-electron chi connectivity index (χ1n) is 7.05. The second kappa shape index (κ2) is 7.41. The van der Waals surface area contributed by atoms with Gasteiger partial charge in [0.15, 0.2) is 0 Å². The van der Waals surface area contributed by atoms with Gasteiger partial charge in [-0.3, -0.25) is 4.90 Å². The van der Waals surface area contributed by atoms with Crippen LogP contribution in [0.15, 0.2) is 22.7 Å². The Kier molecular flexibility index (Phi) is 5.84. The molecule has 2 atom stereocenters. The maximum Gasteiger partial charge on any atom is 0.119 e. The van der Waals surface area contributed by atoms with E-state index in [2.05, 4.69) is 33.8 Å². The summed E-state index contributed by atoms with van der Waals surface area (Å²) < 4.78 is 12.1. The van der Waals surface area contributed by atoms with Crippen molar-refractivity contribution in [3.63, 3.8) is 0 Å². The number of nitrogens with zero attached hydrogens (tertiary/aromatic N) is 1.